The van der Waals surface area contributed by atoms with Gasteiger partial charge in [-0.25, -0.2) is 8.42 Å². The second-order valence-electron chi connectivity index (χ2n) is 3.02. The summed E-state index contributed by atoms with van der Waals surface area (Å²) in [5.74, 6) is -0.514. The molecular weight excluding hydrogens is 304 g/mol. The molecule has 0 fully saturated rings. The van der Waals surface area contributed by atoms with E-state index in [0.29, 0.717) is 5.02 Å². The second kappa shape index (κ2) is 4.63. The van der Waals surface area contributed by atoms with E-state index < -0.39 is 19.8 Å². The Balaban J connectivity index is 3.06. The van der Waals surface area contributed by atoms with Crippen molar-refractivity contribution in [3.63, 3.8) is 0 Å². The number of sulfone groups is 1. The predicted octanol–water partition coefficient (Wildman–Crippen LogP) is 2.29. The van der Waals surface area contributed by atoms with Gasteiger partial charge in [0.25, 0.3) is 0 Å². The fourth-order valence-electron chi connectivity index (χ4n) is 0.967. The topological polar surface area (TPSA) is 51.2 Å². The van der Waals surface area contributed by atoms with Gasteiger partial charge in [0.1, 0.15) is 0 Å². The zero-order chi connectivity index (χ0) is 11.6. The third-order valence-electron chi connectivity index (χ3n) is 1.69. The lowest BCUT2D eigenvalue weighted by Gasteiger charge is -2.06. The molecule has 0 heterocycles. The van der Waals surface area contributed by atoms with Crippen LogP contribution < -0.4 is 0 Å². The van der Waals surface area contributed by atoms with E-state index in [2.05, 4.69) is 15.9 Å². The maximum atomic E-state index is 11.7. The lowest BCUT2D eigenvalue weighted by molar-refractivity contribution is 0.101. The van der Waals surface area contributed by atoms with Crippen LogP contribution in [0.3, 0.4) is 0 Å². The van der Waals surface area contributed by atoms with E-state index in [0.717, 1.165) is 6.26 Å². The minimum absolute atomic E-state index is 0.273. The number of carbonyl (C=O) groups is 1. The van der Waals surface area contributed by atoms with E-state index in [4.69, 9.17) is 11.6 Å². The molecule has 3 nitrogen and oxygen atoms in total. The summed E-state index contributed by atoms with van der Waals surface area (Å²) in [5.41, 5.74) is 0.273. The van der Waals surface area contributed by atoms with E-state index in [1.165, 1.54) is 12.1 Å². The molecule has 82 valence electrons. The first-order valence-corrected chi connectivity index (χ1v) is 7.20. The van der Waals surface area contributed by atoms with Gasteiger partial charge < -0.3 is 0 Å². The van der Waals surface area contributed by atoms with Crippen LogP contribution in [0, 0.1) is 0 Å². The van der Waals surface area contributed by atoms with Gasteiger partial charge in [0.05, 0.1) is 0 Å². The Bertz CT molecular complexity index is 484. The molecule has 0 bridgehead atoms. The van der Waals surface area contributed by atoms with Crippen molar-refractivity contribution in [2.75, 3.05) is 6.26 Å². The maximum Gasteiger partial charge on any atom is 0.191 e. The van der Waals surface area contributed by atoms with Gasteiger partial charge in [-0.3, -0.25) is 4.79 Å². The molecule has 0 aliphatic carbocycles. The number of carbonyl (C=O) groups excluding carboxylic acids is 1. The number of rotatable bonds is 3. The summed E-state index contributed by atoms with van der Waals surface area (Å²) in [4.78, 5) is 11.7. The minimum Gasteiger partial charge on any atom is -0.292 e. The summed E-state index contributed by atoms with van der Waals surface area (Å²) in [7, 11) is -3.44. The molecule has 1 unspecified atom stereocenters. The molecule has 0 amide bonds. The van der Waals surface area contributed by atoms with Gasteiger partial charge in [-0.15, -0.1) is 0 Å². The lowest BCUT2D eigenvalue weighted by atomic mass is 10.1. The van der Waals surface area contributed by atoms with Crippen molar-refractivity contribution in [3.05, 3.63) is 34.9 Å². The fourth-order valence-corrected chi connectivity index (χ4v) is 1.95. The SMILES string of the molecule is CS(=O)(=O)C(Br)C(=O)c1cccc(Cl)c1. The average molecular weight is 312 g/mol. The lowest BCUT2D eigenvalue weighted by Crippen LogP contribution is -2.23. The maximum absolute atomic E-state index is 11.7. The van der Waals surface area contributed by atoms with Crippen LogP contribution in [0.4, 0.5) is 0 Å². The first kappa shape index (κ1) is 12.7. The molecule has 0 saturated heterocycles. The van der Waals surface area contributed by atoms with Crippen molar-refractivity contribution < 1.29 is 13.2 Å². The first-order valence-electron chi connectivity index (χ1n) is 3.95. The van der Waals surface area contributed by atoms with Crippen LogP contribution in [0.25, 0.3) is 0 Å². The van der Waals surface area contributed by atoms with E-state index in [-0.39, 0.29) is 5.56 Å². The molecular formula is C9H8BrClO3S. The molecule has 0 aliphatic heterocycles. The highest BCUT2D eigenvalue weighted by molar-refractivity contribution is 9.11. The molecule has 0 aliphatic rings. The van der Waals surface area contributed by atoms with Gasteiger partial charge in [-0.05, 0) is 12.1 Å². The Labute approximate surface area is 101 Å². The molecule has 0 radical (unpaired) electrons. The van der Waals surface area contributed by atoms with Crippen LogP contribution in [0.5, 0.6) is 0 Å². The summed E-state index contributed by atoms with van der Waals surface area (Å²) in [6.45, 7) is 0. The Kier molecular flexibility index (Phi) is 3.92. The minimum atomic E-state index is -3.44. The van der Waals surface area contributed by atoms with Crippen molar-refractivity contribution in [3.8, 4) is 0 Å². The van der Waals surface area contributed by atoms with Crippen LogP contribution in [-0.4, -0.2) is 24.6 Å². The highest BCUT2D eigenvalue weighted by Crippen LogP contribution is 2.18. The number of hydrogen-bond donors (Lipinski definition) is 0. The molecule has 0 aromatic heterocycles. The second-order valence-corrected chi connectivity index (χ2v) is 7.11. The molecule has 0 saturated carbocycles. The average Bonchev–Trinajstić information content (AvgIpc) is 2.14. The largest absolute Gasteiger partial charge is 0.292 e. The van der Waals surface area contributed by atoms with Crippen molar-refractivity contribution in [1.82, 2.24) is 0 Å². The highest BCUT2D eigenvalue weighted by atomic mass is 79.9. The third kappa shape index (κ3) is 3.29. The van der Waals surface area contributed by atoms with Gasteiger partial charge in [-0.1, -0.05) is 39.7 Å². The van der Waals surface area contributed by atoms with Gasteiger partial charge in [0, 0.05) is 16.8 Å². The van der Waals surface area contributed by atoms with Crippen molar-refractivity contribution in [1.29, 1.82) is 0 Å². The van der Waals surface area contributed by atoms with Crippen LogP contribution >= 0.6 is 27.5 Å². The smallest absolute Gasteiger partial charge is 0.191 e. The molecule has 1 aromatic rings. The van der Waals surface area contributed by atoms with Crippen molar-refractivity contribution in [2.24, 2.45) is 0 Å². The summed E-state index contributed by atoms with van der Waals surface area (Å²) in [5, 5.41) is 0.397. The number of ketones is 1. The molecule has 15 heavy (non-hydrogen) atoms. The number of Topliss-reactive ketones (excluding diaryl/α,β-unsaturated/α-hetero) is 1. The third-order valence-corrected chi connectivity index (χ3v) is 5.35. The molecule has 1 atom stereocenters. The number of benzene rings is 1. The van der Waals surface area contributed by atoms with Crippen molar-refractivity contribution >= 4 is 43.2 Å². The van der Waals surface area contributed by atoms with Gasteiger partial charge >= 0.3 is 0 Å². The highest BCUT2D eigenvalue weighted by Gasteiger charge is 2.26. The monoisotopic (exact) mass is 310 g/mol. The molecule has 1 rings (SSSR count). The van der Waals surface area contributed by atoms with E-state index in [9.17, 15) is 13.2 Å². The number of halogens is 2. The van der Waals surface area contributed by atoms with Crippen LogP contribution in [-0.2, 0) is 9.84 Å². The van der Waals surface area contributed by atoms with Gasteiger partial charge in [0.2, 0.25) is 0 Å². The quantitative estimate of drug-likeness (QED) is 0.636. The van der Waals surface area contributed by atoms with Crippen LogP contribution in [0.15, 0.2) is 24.3 Å². The molecule has 0 N–H and O–H groups in total. The van der Waals surface area contributed by atoms with Crippen molar-refractivity contribution in [2.45, 2.75) is 4.16 Å². The molecule has 1 aromatic carbocycles. The zero-order valence-corrected chi connectivity index (χ0v) is 10.9. The van der Waals surface area contributed by atoms with E-state index >= 15 is 0 Å². The summed E-state index contributed by atoms with van der Waals surface area (Å²) in [6, 6.07) is 6.16. The summed E-state index contributed by atoms with van der Waals surface area (Å²) in [6.07, 6.45) is 0.995. The number of hydrogen-bond acceptors (Lipinski definition) is 3. The fraction of sp³-hybridized carbons (Fsp3) is 0.222. The number of alkyl halides is 1. The first-order chi connectivity index (χ1) is 6.82. The summed E-state index contributed by atoms with van der Waals surface area (Å²) < 4.78 is 21.0. The van der Waals surface area contributed by atoms with E-state index in [1.807, 2.05) is 0 Å². The standard InChI is InChI=1S/C9H8BrClO3S/c1-15(13,14)9(10)8(12)6-3-2-4-7(11)5-6/h2-5,9H,1H3. The van der Waals surface area contributed by atoms with E-state index in [1.54, 1.807) is 12.1 Å². The zero-order valence-electron chi connectivity index (χ0n) is 7.78. The summed E-state index contributed by atoms with van der Waals surface area (Å²) >= 11 is 8.54. The van der Waals surface area contributed by atoms with Crippen LogP contribution in [0.2, 0.25) is 5.02 Å². The Morgan fingerprint density at radius 3 is 2.53 bits per heavy atom. The Morgan fingerprint density at radius 1 is 1.47 bits per heavy atom. The van der Waals surface area contributed by atoms with Gasteiger partial charge in [0.15, 0.2) is 19.8 Å². The normalized spacial score (nSPS) is 13.5. The Morgan fingerprint density at radius 2 is 2.07 bits per heavy atom. The molecule has 6 heteroatoms. The van der Waals surface area contributed by atoms with Crippen LogP contribution in [0.1, 0.15) is 10.4 Å². The van der Waals surface area contributed by atoms with Gasteiger partial charge in [-0.2, -0.15) is 0 Å². The predicted molar refractivity (Wildman–Crippen MR) is 63.3 cm³/mol. The molecule has 0 spiro atoms. The Hall–Kier alpha value is -0.390.